The lowest BCUT2D eigenvalue weighted by molar-refractivity contribution is 0.0678. The predicted octanol–water partition coefficient (Wildman–Crippen LogP) is 3.13. The fourth-order valence-electron chi connectivity index (χ4n) is 4.66. The van der Waals surface area contributed by atoms with Crippen LogP contribution < -0.4 is 0 Å². The number of nitrogens with one attached hydrogen (secondary N) is 1. The zero-order valence-electron chi connectivity index (χ0n) is 17.3. The van der Waals surface area contributed by atoms with Crippen molar-refractivity contribution in [2.75, 3.05) is 11.5 Å². The third-order valence-electron chi connectivity index (χ3n) is 6.21. The van der Waals surface area contributed by atoms with Crippen LogP contribution in [0.3, 0.4) is 0 Å². The van der Waals surface area contributed by atoms with E-state index in [1.165, 1.54) is 0 Å². The Labute approximate surface area is 180 Å². The van der Waals surface area contributed by atoms with Crippen molar-refractivity contribution in [3.63, 3.8) is 0 Å². The third-order valence-corrected chi connectivity index (χ3v) is 7.96. The van der Waals surface area contributed by atoms with E-state index in [0.29, 0.717) is 28.9 Å². The smallest absolute Gasteiger partial charge is 0.273 e. The standard InChI is InChI=1S/C23H23N3O4S/c1-13-3-6-15(7-4-13)22-19-20(17-11-14(2)5-8-18(17)27)24-25-21(19)23(28)26(22)16-9-10-31(29,30)12-16/h3-8,11,16,22,27H,9-10,12H2,1-2H3,(H,24,25). The van der Waals surface area contributed by atoms with Crippen LogP contribution in [0.2, 0.25) is 0 Å². The van der Waals surface area contributed by atoms with Crippen molar-refractivity contribution in [3.05, 3.63) is 70.4 Å². The van der Waals surface area contributed by atoms with E-state index in [9.17, 15) is 18.3 Å². The van der Waals surface area contributed by atoms with Crippen molar-refractivity contribution in [3.8, 4) is 17.0 Å². The summed E-state index contributed by atoms with van der Waals surface area (Å²) in [6.07, 6.45) is 0.416. The van der Waals surface area contributed by atoms with Gasteiger partial charge in [0.25, 0.3) is 5.91 Å². The highest BCUT2D eigenvalue weighted by atomic mass is 32.2. The Morgan fingerprint density at radius 1 is 1.10 bits per heavy atom. The summed E-state index contributed by atoms with van der Waals surface area (Å²) in [6.45, 7) is 3.92. The molecule has 0 bridgehead atoms. The molecule has 2 N–H and O–H groups in total. The normalized spacial score (nSPS) is 22.1. The molecule has 8 heteroatoms. The lowest BCUT2D eigenvalue weighted by Gasteiger charge is -2.31. The molecule has 2 aromatic carbocycles. The van der Waals surface area contributed by atoms with Crippen molar-refractivity contribution in [2.24, 2.45) is 0 Å². The molecule has 7 nitrogen and oxygen atoms in total. The van der Waals surface area contributed by atoms with E-state index >= 15 is 0 Å². The Morgan fingerprint density at radius 3 is 2.48 bits per heavy atom. The Hall–Kier alpha value is -3.13. The van der Waals surface area contributed by atoms with E-state index in [1.807, 2.05) is 50.2 Å². The molecule has 2 unspecified atom stereocenters. The minimum Gasteiger partial charge on any atom is -0.507 e. The number of rotatable bonds is 3. The monoisotopic (exact) mass is 437 g/mol. The van der Waals surface area contributed by atoms with Gasteiger partial charge in [-0.05, 0) is 38.0 Å². The molecule has 2 atom stereocenters. The highest BCUT2D eigenvalue weighted by molar-refractivity contribution is 7.91. The SMILES string of the molecule is Cc1ccc(C2c3c(-c4cc(C)ccc4O)n[nH]c3C(=O)N2C2CCS(=O)(=O)C2)cc1. The predicted molar refractivity (Wildman–Crippen MR) is 117 cm³/mol. The second-order valence-electron chi connectivity index (χ2n) is 8.46. The van der Waals surface area contributed by atoms with Gasteiger partial charge < -0.3 is 10.0 Å². The van der Waals surface area contributed by atoms with Crippen LogP contribution >= 0.6 is 0 Å². The van der Waals surface area contributed by atoms with Gasteiger partial charge in [-0.15, -0.1) is 0 Å². The van der Waals surface area contributed by atoms with Crippen molar-refractivity contribution >= 4 is 15.7 Å². The summed E-state index contributed by atoms with van der Waals surface area (Å²) in [4.78, 5) is 15.1. The number of amides is 1. The largest absolute Gasteiger partial charge is 0.507 e. The molecule has 31 heavy (non-hydrogen) atoms. The van der Waals surface area contributed by atoms with Gasteiger partial charge in [0.1, 0.15) is 17.1 Å². The number of carbonyl (C=O) groups excluding carboxylic acids is 1. The number of phenolic OH excluding ortho intramolecular Hbond substituents is 1. The van der Waals surface area contributed by atoms with Crippen molar-refractivity contribution in [1.82, 2.24) is 15.1 Å². The van der Waals surface area contributed by atoms with E-state index in [4.69, 9.17) is 0 Å². The highest BCUT2D eigenvalue weighted by Crippen LogP contribution is 2.46. The zero-order chi connectivity index (χ0) is 21.9. The minimum atomic E-state index is -3.17. The highest BCUT2D eigenvalue weighted by Gasteiger charge is 2.48. The summed E-state index contributed by atoms with van der Waals surface area (Å²) < 4.78 is 24.4. The Balaban J connectivity index is 1.70. The van der Waals surface area contributed by atoms with Crippen LogP contribution in [0.25, 0.3) is 11.3 Å². The zero-order valence-corrected chi connectivity index (χ0v) is 18.1. The summed E-state index contributed by atoms with van der Waals surface area (Å²) in [7, 11) is -3.17. The summed E-state index contributed by atoms with van der Waals surface area (Å²) >= 11 is 0. The van der Waals surface area contributed by atoms with Crippen molar-refractivity contribution < 1.29 is 18.3 Å². The van der Waals surface area contributed by atoms with E-state index in [-0.39, 0.29) is 23.2 Å². The molecule has 3 heterocycles. The number of phenols is 1. The number of aromatic nitrogens is 2. The van der Waals surface area contributed by atoms with E-state index in [1.54, 1.807) is 11.0 Å². The van der Waals surface area contributed by atoms with Crippen LogP contribution in [0.15, 0.2) is 42.5 Å². The third kappa shape index (κ3) is 3.22. The van der Waals surface area contributed by atoms with Gasteiger partial charge in [0.2, 0.25) is 0 Å². The molecule has 0 spiro atoms. The molecule has 1 saturated heterocycles. The molecule has 5 rings (SSSR count). The number of carbonyl (C=O) groups is 1. The molecule has 3 aromatic rings. The second-order valence-corrected chi connectivity index (χ2v) is 10.7. The molecule has 0 radical (unpaired) electrons. The number of H-pyrrole nitrogens is 1. The number of aryl methyl sites for hydroxylation is 2. The first-order valence-corrected chi connectivity index (χ1v) is 12.1. The van der Waals surface area contributed by atoms with Gasteiger partial charge in [-0.25, -0.2) is 8.42 Å². The number of sulfone groups is 1. The van der Waals surface area contributed by atoms with Gasteiger partial charge in [0, 0.05) is 17.2 Å². The summed E-state index contributed by atoms with van der Waals surface area (Å²) in [5, 5.41) is 17.8. The van der Waals surface area contributed by atoms with E-state index in [2.05, 4.69) is 10.2 Å². The fraction of sp³-hybridized carbons (Fsp3) is 0.304. The Kier molecular flexibility index (Phi) is 4.44. The summed E-state index contributed by atoms with van der Waals surface area (Å²) in [5.41, 5.74) is 5.02. The first kappa shape index (κ1) is 19.8. The van der Waals surface area contributed by atoms with E-state index < -0.39 is 21.9 Å². The van der Waals surface area contributed by atoms with Crippen LogP contribution in [-0.2, 0) is 9.84 Å². The topological polar surface area (TPSA) is 103 Å². The van der Waals surface area contributed by atoms with Crippen LogP contribution in [0.4, 0.5) is 0 Å². The number of hydrogen-bond acceptors (Lipinski definition) is 5. The van der Waals surface area contributed by atoms with Gasteiger partial charge in [-0.2, -0.15) is 5.10 Å². The Morgan fingerprint density at radius 2 is 1.81 bits per heavy atom. The quantitative estimate of drug-likeness (QED) is 0.655. The number of benzene rings is 2. The number of aromatic amines is 1. The number of hydrogen-bond donors (Lipinski definition) is 2. The first-order chi connectivity index (χ1) is 14.7. The molecule has 0 aliphatic carbocycles. The lowest BCUT2D eigenvalue weighted by Crippen LogP contribution is -2.40. The van der Waals surface area contributed by atoms with Gasteiger partial charge >= 0.3 is 0 Å². The van der Waals surface area contributed by atoms with Crippen molar-refractivity contribution in [2.45, 2.75) is 32.4 Å². The maximum absolute atomic E-state index is 13.4. The average molecular weight is 438 g/mol. The molecule has 1 aromatic heterocycles. The second kappa shape index (κ2) is 6.95. The van der Waals surface area contributed by atoms with Crippen LogP contribution in [0.1, 0.15) is 45.2 Å². The maximum Gasteiger partial charge on any atom is 0.273 e. The average Bonchev–Trinajstić information content (AvgIpc) is 3.38. The molecule has 0 saturated carbocycles. The molecular formula is C23H23N3O4S. The minimum absolute atomic E-state index is 0.0379. The van der Waals surface area contributed by atoms with Gasteiger partial charge in [0.15, 0.2) is 9.84 Å². The van der Waals surface area contributed by atoms with Gasteiger partial charge in [-0.1, -0.05) is 41.5 Å². The Bertz CT molecular complexity index is 1290. The summed E-state index contributed by atoms with van der Waals surface area (Å²) in [5.74, 6) is -0.130. The van der Waals surface area contributed by atoms with Crippen molar-refractivity contribution in [1.29, 1.82) is 0 Å². The number of fused-ring (bicyclic) bond motifs is 1. The van der Waals surface area contributed by atoms with Crippen LogP contribution in [0, 0.1) is 13.8 Å². The molecule has 160 valence electrons. The molecule has 2 aliphatic heterocycles. The first-order valence-electron chi connectivity index (χ1n) is 10.2. The van der Waals surface area contributed by atoms with Crippen LogP contribution in [0.5, 0.6) is 5.75 Å². The number of aromatic hydroxyl groups is 1. The molecule has 2 aliphatic rings. The molecular weight excluding hydrogens is 414 g/mol. The van der Waals surface area contributed by atoms with Crippen LogP contribution in [-0.4, -0.2) is 52.1 Å². The maximum atomic E-state index is 13.4. The van der Waals surface area contributed by atoms with Gasteiger partial charge in [-0.3, -0.25) is 9.89 Å². The molecule has 1 amide bonds. The fourth-order valence-corrected chi connectivity index (χ4v) is 6.37. The van der Waals surface area contributed by atoms with Gasteiger partial charge in [0.05, 0.1) is 17.5 Å². The lowest BCUT2D eigenvalue weighted by atomic mass is 9.94. The van der Waals surface area contributed by atoms with E-state index in [0.717, 1.165) is 16.7 Å². The molecule has 1 fully saturated rings. The number of nitrogens with zero attached hydrogens (tertiary/aromatic N) is 2. The summed E-state index contributed by atoms with van der Waals surface area (Å²) in [6, 6.07) is 12.3.